The summed E-state index contributed by atoms with van der Waals surface area (Å²) < 4.78 is 5.73. The molecule has 9 heteroatoms. The Kier molecular flexibility index (Phi) is 4.99. The van der Waals surface area contributed by atoms with Gasteiger partial charge in [0.1, 0.15) is 11.5 Å². The second-order valence-electron chi connectivity index (χ2n) is 5.67. The van der Waals surface area contributed by atoms with Gasteiger partial charge in [-0.15, -0.1) is 0 Å². The molecular formula is C19H12N2O7. The highest BCUT2D eigenvalue weighted by Crippen LogP contribution is 2.36. The summed E-state index contributed by atoms with van der Waals surface area (Å²) in [6.45, 7) is 0. The SMILES string of the molecule is O=C(O)/C=C/c1cc(-c2ccc([N+](=O)[O-])cc2)c(-c2ccc([N+](=O)[O-])cc2)o1. The second-order valence-corrected chi connectivity index (χ2v) is 5.67. The van der Waals surface area contributed by atoms with Crippen LogP contribution in [0.15, 0.2) is 65.1 Å². The third kappa shape index (κ3) is 3.93. The van der Waals surface area contributed by atoms with Gasteiger partial charge in [0.25, 0.3) is 11.4 Å². The van der Waals surface area contributed by atoms with Crippen LogP contribution in [0, 0.1) is 20.2 Å². The third-order valence-corrected chi connectivity index (χ3v) is 3.87. The number of benzene rings is 2. The van der Waals surface area contributed by atoms with Crippen LogP contribution in [0.4, 0.5) is 11.4 Å². The first-order valence-corrected chi connectivity index (χ1v) is 7.89. The molecule has 2 aromatic carbocycles. The summed E-state index contributed by atoms with van der Waals surface area (Å²) >= 11 is 0. The summed E-state index contributed by atoms with van der Waals surface area (Å²) in [6.07, 6.45) is 2.18. The molecule has 1 heterocycles. The Bertz CT molecular complexity index is 1010. The number of hydrogen-bond acceptors (Lipinski definition) is 6. The molecule has 0 aliphatic rings. The van der Waals surface area contributed by atoms with Gasteiger partial charge in [-0.1, -0.05) is 0 Å². The maximum atomic E-state index is 10.8. The number of rotatable bonds is 6. The van der Waals surface area contributed by atoms with Gasteiger partial charge < -0.3 is 9.52 Å². The minimum atomic E-state index is -1.15. The summed E-state index contributed by atoms with van der Waals surface area (Å²) in [5.74, 6) is -0.539. The van der Waals surface area contributed by atoms with Crippen molar-refractivity contribution in [1.29, 1.82) is 0 Å². The van der Waals surface area contributed by atoms with Gasteiger partial charge >= 0.3 is 5.97 Å². The van der Waals surface area contributed by atoms with Gasteiger partial charge in [-0.3, -0.25) is 20.2 Å². The van der Waals surface area contributed by atoms with E-state index in [4.69, 9.17) is 9.52 Å². The van der Waals surface area contributed by atoms with Crippen molar-refractivity contribution in [2.45, 2.75) is 0 Å². The standard InChI is InChI=1S/C19H12N2O7/c22-18(23)10-9-16-11-17(12-1-5-14(6-2-12)20(24)25)19(28-16)13-3-7-15(8-4-13)21(26)27/h1-11H,(H,22,23)/b10-9+. The number of nitrogens with zero attached hydrogens (tertiary/aromatic N) is 2. The molecular weight excluding hydrogens is 368 g/mol. The zero-order valence-corrected chi connectivity index (χ0v) is 14.1. The molecule has 0 radical (unpaired) electrons. The van der Waals surface area contributed by atoms with Crippen molar-refractivity contribution in [3.8, 4) is 22.5 Å². The van der Waals surface area contributed by atoms with Gasteiger partial charge in [0.2, 0.25) is 0 Å². The van der Waals surface area contributed by atoms with Gasteiger partial charge in [-0.25, -0.2) is 4.79 Å². The number of non-ortho nitro benzene ring substituents is 2. The first-order valence-electron chi connectivity index (χ1n) is 7.89. The minimum absolute atomic E-state index is 0.0740. The Morgan fingerprint density at radius 1 is 0.893 bits per heavy atom. The normalized spacial score (nSPS) is 10.9. The molecule has 0 spiro atoms. The fourth-order valence-electron chi connectivity index (χ4n) is 2.57. The molecule has 0 aliphatic heterocycles. The smallest absolute Gasteiger partial charge is 0.328 e. The molecule has 9 nitrogen and oxygen atoms in total. The molecule has 0 amide bonds. The number of carboxylic acid groups (broad SMARTS) is 1. The molecule has 0 atom stereocenters. The van der Waals surface area contributed by atoms with Gasteiger partial charge in [0.05, 0.1) is 9.85 Å². The minimum Gasteiger partial charge on any atom is -0.478 e. The Morgan fingerprint density at radius 2 is 1.39 bits per heavy atom. The van der Waals surface area contributed by atoms with Crippen LogP contribution in [-0.4, -0.2) is 20.9 Å². The lowest BCUT2D eigenvalue weighted by Crippen LogP contribution is -1.88. The summed E-state index contributed by atoms with van der Waals surface area (Å²) in [4.78, 5) is 31.4. The van der Waals surface area contributed by atoms with Crippen molar-refractivity contribution >= 4 is 23.4 Å². The molecule has 3 aromatic rings. The van der Waals surface area contributed by atoms with E-state index in [0.717, 1.165) is 6.08 Å². The molecule has 140 valence electrons. The van der Waals surface area contributed by atoms with E-state index >= 15 is 0 Å². The fourth-order valence-corrected chi connectivity index (χ4v) is 2.57. The van der Waals surface area contributed by atoms with Crippen LogP contribution in [0.2, 0.25) is 0 Å². The van der Waals surface area contributed by atoms with Crippen LogP contribution < -0.4 is 0 Å². The Morgan fingerprint density at radius 3 is 1.86 bits per heavy atom. The number of aliphatic carboxylic acids is 1. The van der Waals surface area contributed by atoms with Crippen molar-refractivity contribution < 1.29 is 24.2 Å². The van der Waals surface area contributed by atoms with Crippen LogP contribution in [0.1, 0.15) is 5.76 Å². The highest BCUT2D eigenvalue weighted by molar-refractivity contribution is 5.87. The summed E-state index contributed by atoms with van der Waals surface area (Å²) in [7, 11) is 0. The lowest BCUT2D eigenvalue weighted by atomic mass is 10.0. The highest BCUT2D eigenvalue weighted by Gasteiger charge is 2.16. The Balaban J connectivity index is 2.09. The topological polar surface area (TPSA) is 137 Å². The van der Waals surface area contributed by atoms with Gasteiger partial charge in [-0.2, -0.15) is 0 Å². The van der Waals surface area contributed by atoms with Crippen molar-refractivity contribution in [3.63, 3.8) is 0 Å². The molecule has 0 saturated carbocycles. The zero-order chi connectivity index (χ0) is 20.3. The van der Waals surface area contributed by atoms with Crippen molar-refractivity contribution in [2.75, 3.05) is 0 Å². The number of carboxylic acids is 1. The third-order valence-electron chi connectivity index (χ3n) is 3.87. The number of nitro groups is 2. The number of hydrogen-bond donors (Lipinski definition) is 1. The predicted molar refractivity (Wildman–Crippen MR) is 99.6 cm³/mol. The molecule has 0 aliphatic carbocycles. The van der Waals surface area contributed by atoms with E-state index in [0.29, 0.717) is 22.5 Å². The lowest BCUT2D eigenvalue weighted by molar-refractivity contribution is -0.385. The average molecular weight is 380 g/mol. The Labute approximate surface area is 157 Å². The molecule has 0 fully saturated rings. The van der Waals surface area contributed by atoms with Crippen LogP contribution in [0.5, 0.6) is 0 Å². The summed E-state index contributed by atoms with van der Waals surface area (Å²) in [5.41, 5.74) is 1.55. The maximum absolute atomic E-state index is 10.8. The number of furan rings is 1. The quantitative estimate of drug-likeness (QED) is 0.377. The van der Waals surface area contributed by atoms with Crippen LogP contribution in [0.3, 0.4) is 0 Å². The molecule has 1 aromatic heterocycles. The molecule has 0 saturated heterocycles. The summed E-state index contributed by atoms with van der Waals surface area (Å²) in [6, 6.07) is 13.0. The average Bonchev–Trinajstić information content (AvgIpc) is 3.11. The van der Waals surface area contributed by atoms with Crippen molar-refractivity contribution in [2.24, 2.45) is 0 Å². The van der Waals surface area contributed by atoms with Gasteiger partial charge in [0, 0.05) is 41.5 Å². The first-order chi connectivity index (χ1) is 13.3. The largest absolute Gasteiger partial charge is 0.478 e. The molecule has 0 unspecified atom stereocenters. The number of nitro benzene ring substituents is 2. The van der Waals surface area contributed by atoms with E-state index in [1.54, 1.807) is 18.2 Å². The Hall–Kier alpha value is -4.27. The molecule has 0 bridgehead atoms. The van der Waals surface area contributed by atoms with E-state index in [2.05, 4.69) is 0 Å². The van der Waals surface area contributed by atoms with Crippen LogP contribution in [-0.2, 0) is 4.79 Å². The van der Waals surface area contributed by atoms with E-state index in [-0.39, 0.29) is 17.1 Å². The van der Waals surface area contributed by atoms with Crippen molar-refractivity contribution in [3.05, 3.63) is 86.7 Å². The molecule has 3 rings (SSSR count). The van der Waals surface area contributed by atoms with E-state index in [1.165, 1.54) is 42.5 Å². The highest BCUT2D eigenvalue weighted by atomic mass is 16.6. The maximum Gasteiger partial charge on any atom is 0.328 e. The van der Waals surface area contributed by atoms with Crippen LogP contribution in [0.25, 0.3) is 28.5 Å². The monoisotopic (exact) mass is 380 g/mol. The molecule has 1 N–H and O–H groups in total. The zero-order valence-electron chi connectivity index (χ0n) is 14.1. The van der Waals surface area contributed by atoms with E-state index < -0.39 is 15.8 Å². The first kappa shape index (κ1) is 18.5. The van der Waals surface area contributed by atoms with E-state index in [1.807, 2.05) is 0 Å². The van der Waals surface area contributed by atoms with Gasteiger partial charge in [-0.05, 0) is 42.0 Å². The predicted octanol–water partition coefficient (Wildman–Crippen LogP) is 4.53. The lowest BCUT2D eigenvalue weighted by Gasteiger charge is -2.03. The van der Waals surface area contributed by atoms with Gasteiger partial charge in [0.15, 0.2) is 0 Å². The van der Waals surface area contributed by atoms with Crippen LogP contribution >= 0.6 is 0 Å². The number of carbonyl (C=O) groups is 1. The summed E-state index contributed by atoms with van der Waals surface area (Å²) in [5, 5.41) is 30.5. The fraction of sp³-hybridized carbons (Fsp3) is 0. The second kappa shape index (κ2) is 7.54. The molecule has 28 heavy (non-hydrogen) atoms. The van der Waals surface area contributed by atoms with E-state index in [9.17, 15) is 25.0 Å². The van der Waals surface area contributed by atoms with Crippen molar-refractivity contribution in [1.82, 2.24) is 0 Å².